The average Bonchev–Trinajstić information content (AvgIpc) is 2.71. The van der Waals surface area contributed by atoms with Gasteiger partial charge in [0.1, 0.15) is 11.5 Å². The maximum absolute atomic E-state index is 13.1. The molecule has 1 aliphatic carbocycles. The van der Waals surface area contributed by atoms with Crippen LogP contribution in [0.4, 0.5) is 0 Å². The molecule has 1 aromatic rings. The Morgan fingerprint density at radius 2 is 2.06 bits per heavy atom. The van der Waals surface area contributed by atoms with Crippen LogP contribution in [0, 0.1) is 5.92 Å². The highest BCUT2D eigenvalue weighted by Gasteiger charge is 2.33. The van der Waals surface area contributed by atoms with Crippen molar-refractivity contribution < 1.29 is 15.0 Å². The van der Waals surface area contributed by atoms with Crippen LogP contribution in [0.3, 0.4) is 0 Å². The lowest BCUT2D eigenvalue weighted by atomic mass is 9.73. The third-order valence-electron chi connectivity index (χ3n) is 6.22. The minimum atomic E-state index is -0.391. The molecule has 0 heterocycles. The zero-order valence-electron chi connectivity index (χ0n) is 19.2. The van der Waals surface area contributed by atoms with Crippen LogP contribution in [-0.4, -0.2) is 35.3 Å². The number of hydrogen-bond donors (Lipinski definition) is 5. The second-order valence-electron chi connectivity index (χ2n) is 8.89. The molecule has 1 aliphatic rings. The van der Waals surface area contributed by atoms with Crippen LogP contribution in [0.1, 0.15) is 80.3 Å². The first kappa shape index (κ1) is 25.0. The Kier molecular flexibility index (Phi) is 9.14. The number of hydrogen-bond acceptors (Lipinski definition) is 5. The lowest BCUT2D eigenvalue weighted by Crippen LogP contribution is -2.42. The Labute approximate surface area is 186 Å². The van der Waals surface area contributed by atoms with E-state index in [1.165, 1.54) is 5.57 Å². The van der Waals surface area contributed by atoms with Gasteiger partial charge in [-0.3, -0.25) is 4.79 Å². The number of nitrogens with two attached hydrogens (primary N) is 2. The van der Waals surface area contributed by atoms with Crippen molar-refractivity contribution in [3.05, 3.63) is 46.6 Å². The average molecular weight is 430 g/mol. The number of carbonyl (C=O) groups is 1. The van der Waals surface area contributed by atoms with E-state index in [4.69, 9.17) is 11.5 Å². The summed E-state index contributed by atoms with van der Waals surface area (Å²) in [6.07, 6.45) is 7.44. The predicted octanol–water partition coefficient (Wildman–Crippen LogP) is 3.86. The molecule has 0 fully saturated rings. The second kappa shape index (κ2) is 11.3. The van der Waals surface area contributed by atoms with Gasteiger partial charge >= 0.3 is 0 Å². The molecule has 0 aliphatic heterocycles. The monoisotopic (exact) mass is 429 g/mol. The molecule has 2 rings (SSSR count). The summed E-state index contributed by atoms with van der Waals surface area (Å²) in [7, 11) is 0. The van der Waals surface area contributed by atoms with E-state index in [2.05, 4.69) is 31.8 Å². The van der Waals surface area contributed by atoms with Crippen molar-refractivity contribution in [1.29, 1.82) is 0 Å². The summed E-state index contributed by atoms with van der Waals surface area (Å²) in [5.74, 6) is -0.645. The summed E-state index contributed by atoms with van der Waals surface area (Å²) in [4.78, 5) is 13.1. The third kappa shape index (κ3) is 6.11. The van der Waals surface area contributed by atoms with Crippen LogP contribution >= 0.6 is 0 Å². The molecule has 3 atom stereocenters. The molecule has 1 amide bonds. The van der Waals surface area contributed by atoms with E-state index in [1.54, 1.807) is 6.07 Å². The van der Waals surface area contributed by atoms with Crippen molar-refractivity contribution in [3.63, 3.8) is 0 Å². The van der Waals surface area contributed by atoms with E-state index >= 15 is 0 Å². The number of phenolic OH excluding ortho intramolecular Hbond substituents is 2. The van der Waals surface area contributed by atoms with Gasteiger partial charge in [0, 0.05) is 30.6 Å². The fourth-order valence-electron chi connectivity index (χ4n) is 4.37. The topological polar surface area (TPSA) is 122 Å². The highest BCUT2D eigenvalue weighted by Crippen LogP contribution is 2.48. The zero-order chi connectivity index (χ0) is 23.1. The molecule has 6 nitrogen and oxygen atoms in total. The van der Waals surface area contributed by atoms with Crippen molar-refractivity contribution in [2.45, 2.75) is 71.3 Å². The van der Waals surface area contributed by atoms with Crippen LogP contribution in [-0.2, 0) is 6.42 Å². The number of rotatable bonds is 10. The first-order chi connectivity index (χ1) is 14.7. The molecule has 31 heavy (non-hydrogen) atoms. The van der Waals surface area contributed by atoms with Gasteiger partial charge in [-0.25, -0.2) is 0 Å². The molecule has 0 aromatic heterocycles. The Hall–Kier alpha value is -2.31. The number of unbranched alkanes of at least 4 members (excludes halogenated alkanes) is 2. The maximum Gasteiger partial charge on any atom is 0.255 e. The van der Waals surface area contributed by atoms with Crippen LogP contribution in [0.5, 0.6) is 11.5 Å². The van der Waals surface area contributed by atoms with Crippen molar-refractivity contribution in [2.75, 3.05) is 13.1 Å². The minimum absolute atomic E-state index is 0.0291. The minimum Gasteiger partial charge on any atom is -0.507 e. The SMILES string of the molecule is C=C(C)[C@H]1CCC(C)=C[C@H]1c1c(O)cc(CCCCC)c(C(=O)NCC(N)CN)c1O. The molecular weight excluding hydrogens is 390 g/mol. The van der Waals surface area contributed by atoms with E-state index in [-0.39, 0.29) is 48.0 Å². The molecule has 0 bridgehead atoms. The number of benzene rings is 1. The van der Waals surface area contributed by atoms with Crippen molar-refractivity contribution >= 4 is 5.91 Å². The van der Waals surface area contributed by atoms with E-state index < -0.39 is 5.91 Å². The Morgan fingerprint density at radius 3 is 2.68 bits per heavy atom. The van der Waals surface area contributed by atoms with Crippen molar-refractivity contribution in [2.24, 2.45) is 17.4 Å². The Balaban J connectivity index is 2.55. The highest BCUT2D eigenvalue weighted by molar-refractivity contribution is 5.99. The van der Waals surface area contributed by atoms with Gasteiger partial charge in [-0.05, 0) is 57.1 Å². The molecule has 6 heteroatoms. The Morgan fingerprint density at radius 1 is 1.35 bits per heavy atom. The van der Waals surface area contributed by atoms with E-state index in [1.807, 2.05) is 6.92 Å². The molecule has 1 unspecified atom stereocenters. The quantitative estimate of drug-likeness (QED) is 0.286. The molecule has 0 saturated carbocycles. The lowest BCUT2D eigenvalue weighted by Gasteiger charge is -2.32. The predicted molar refractivity (Wildman–Crippen MR) is 126 cm³/mol. The summed E-state index contributed by atoms with van der Waals surface area (Å²) in [6.45, 7) is 10.7. The van der Waals surface area contributed by atoms with Gasteiger partial charge in [0.05, 0.1) is 5.56 Å². The van der Waals surface area contributed by atoms with E-state index in [0.717, 1.165) is 37.7 Å². The molecule has 0 saturated heterocycles. The number of allylic oxidation sites excluding steroid dienone is 3. The first-order valence-corrected chi connectivity index (χ1v) is 11.3. The number of aromatic hydroxyl groups is 2. The van der Waals surface area contributed by atoms with Crippen LogP contribution in [0.15, 0.2) is 29.9 Å². The fourth-order valence-corrected chi connectivity index (χ4v) is 4.37. The van der Waals surface area contributed by atoms with Gasteiger partial charge in [-0.15, -0.1) is 0 Å². The number of phenols is 2. The number of aryl methyl sites for hydroxylation is 1. The first-order valence-electron chi connectivity index (χ1n) is 11.3. The van der Waals surface area contributed by atoms with Crippen LogP contribution in [0.25, 0.3) is 0 Å². The zero-order valence-corrected chi connectivity index (χ0v) is 19.2. The van der Waals surface area contributed by atoms with E-state index in [9.17, 15) is 15.0 Å². The second-order valence-corrected chi connectivity index (χ2v) is 8.89. The molecular formula is C25H39N3O3. The highest BCUT2D eigenvalue weighted by atomic mass is 16.3. The van der Waals surface area contributed by atoms with Gasteiger partial charge in [0.2, 0.25) is 0 Å². The van der Waals surface area contributed by atoms with Gasteiger partial charge in [0.25, 0.3) is 5.91 Å². The third-order valence-corrected chi connectivity index (χ3v) is 6.22. The van der Waals surface area contributed by atoms with Crippen LogP contribution in [0.2, 0.25) is 0 Å². The molecule has 7 N–H and O–H groups in total. The largest absolute Gasteiger partial charge is 0.507 e. The summed E-state index contributed by atoms with van der Waals surface area (Å²) < 4.78 is 0. The summed E-state index contributed by atoms with van der Waals surface area (Å²) in [5, 5.41) is 25.0. The van der Waals surface area contributed by atoms with Gasteiger partial charge < -0.3 is 27.0 Å². The van der Waals surface area contributed by atoms with Gasteiger partial charge in [-0.2, -0.15) is 0 Å². The molecule has 0 radical (unpaired) electrons. The number of amides is 1. The summed E-state index contributed by atoms with van der Waals surface area (Å²) >= 11 is 0. The molecule has 172 valence electrons. The molecule has 0 spiro atoms. The van der Waals surface area contributed by atoms with Crippen molar-refractivity contribution in [3.8, 4) is 11.5 Å². The maximum atomic E-state index is 13.1. The lowest BCUT2D eigenvalue weighted by molar-refractivity contribution is 0.0947. The standard InChI is InChI=1S/C25H39N3O3/c1-5-6-7-8-17-12-21(29)23(20-11-16(4)9-10-19(20)15(2)3)24(30)22(17)25(31)28-14-18(27)13-26/h11-12,18-20,29-30H,2,5-10,13-14,26-27H2,1,3-4H3,(H,28,31)/t18?,19-,20-/m1/s1. The van der Waals surface area contributed by atoms with Gasteiger partial charge in [-0.1, -0.05) is 43.6 Å². The Bertz CT molecular complexity index is 832. The van der Waals surface area contributed by atoms with Gasteiger partial charge in [0.15, 0.2) is 0 Å². The van der Waals surface area contributed by atoms with E-state index in [0.29, 0.717) is 17.5 Å². The summed E-state index contributed by atoms with van der Waals surface area (Å²) in [5.41, 5.74) is 14.9. The molecule has 1 aromatic carbocycles. The fraction of sp³-hybridized carbons (Fsp3) is 0.560. The normalized spacial score (nSPS) is 19.6. The number of carbonyl (C=O) groups excluding carboxylic acids is 1. The van der Waals surface area contributed by atoms with Crippen molar-refractivity contribution in [1.82, 2.24) is 5.32 Å². The smallest absolute Gasteiger partial charge is 0.255 e. The van der Waals surface area contributed by atoms with Crippen LogP contribution < -0.4 is 16.8 Å². The summed E-state index contributed by atoms with van der Waals surface area (Å²) in [6, 6.07) is 1.29. The number of nitrogens with one attached hydrogen (secondary N) is 1.